The molecule has 3 nitrogen and oxygen atoms in total. The number of ether oxygens (including phenoxy) is 2. The van der Waals surface area contributed by atoms with E-state index in [0.717, 1.165) is 24.9 Å². The van der Waals surface area contributed by atoms with E-state index < -0.39 is 0 Å². The minimum absolute atomic E-state index is 0.0291. The van der Waals surface area contributed by atoms with Crippen molar-refractivity contribution in [3.05, 3.63) is 29.8 Å². The zero-order valence-corrected chi connectivity index (χ0v) is 10.3. The van der Waals surface area contributed by atoms with Crippen LogP contribution in [0.5, 0.6) is 5.75 Å². The number of hydrogen-bond acceptors (Lipinski definition) is 3. The van der Waals surface area contributed by atoms with Crippen LogP contribution in [0.25, 0.3) is 0 Å². The van der Waals surface area contributed by atoms with Crippen molar-refractivity contribution in [2.45, 2.75) is 38.4 Å². The Morgan fingerprint density at radius 2 is 2.35 bits per heavy atom. The Hall–Kier alpha value is -1.35. The summed E-state index contributed by atoms with van der Waals surface area (Å²) in [6.07, 6.45) is 3.07. The van der Waals surface area contributed by atoms with Crippen LogP contribution in [-0.2, 0) is 4.74 Å². The van der Waals surface area contributed by atoms with Gasteiger partial charge in [0.25, 0.3) is 0 Å². The molecule has 92 valence electrons. The van der Waals surface area contributed by atoms with E-state index in [0.29, 0.717) is 12.2 Å². The first-order valence-electron chi connectivity index (χ1n) is 5.95. The van der Waals surface area contributed by atoms with Gasteiger partial charge in [0, 0.05) is 5.56 Å². The molecule has 1 heterocycles. The standard InChI is InChI=1S/C14H18O3/c1-14(2)7-6-13(17-14)10-16-12-5-3-4-11(8-12)9-15/h3-5,8-9,13H,6-7,10H2,1-2H3. The first-order chi connectivity index (χ1) is 8.09. The van der Waals surface area contributed by atoms with Gasteiger partial charge in [0.15, 0.2) is 0 Å². The molecule has 1 aliphatic heterocycles. The third kappa shape index (κ3) is 3.30. The van der Waals surface area contributed by atoms with Gasteiger partial charge < -0.3 is 9.47 Å². The maximum atomic E-state index is 10.6. The van der Waals surface area contributed by atoms with Crippen LogP contribution >= 0.6 is 0 Å². The van der Waals surface area contributed by atoms with Crippen LogP contribution in [-0.4, -0.2) is 24.6 Å². The van der Waals surface area contributed by atoms with Crippen LogP contribution < -0.4 is 4.74 Å². The third-order valence-electron chi connectivity index (χ3n) is 2.98. The van der Waals surface area contributed by atoms with E-state index in [9.17, 15) is 4.79 Å². The van der Waals surface area contributed by atoms with Crippen LogP contribution in [0.3, 0.4) is 0 Å². The maximum Gasteiger partial charge on any atom is 0.150 e. The van der Waals surface area contributed by atoms with Crippen molar-refractivity contribution >= 4 is 6.29 Å². The van der Waals surface area contributed by atoms with E-state index in [1.807, 2.05) is 12.1 Å². The molecule has 0 amide bonds. The van der Waals surface area contributed by atoms with Crippen LogP contribution in [0.2, 0.25) is 0 Å². The Balaban J connectivity index is 1.88. The quantitative estimate of drug-likeness (QED) is 0.751. The monoisotopic (exact) mass is 234 g/mol. The van der Waals surface area contributed by atoms with Gasteiger partial charge in [0.1, 0.15) is 18.6 Å². The predicted octanol–water partition coefficient (Wildman–Crippen LogP) is 2.84. The molecule has 0 saturated carbocycles. The molecule has 1 fully saturated rings. The molecule has 1 aromatic rings. The molecule has 0 radical (unpaired) electrons. The van der Waals surface area contributed by atoms with Crippen LogP contribution in [0.1, 0.15) is 37.0 Å². The van der Waals surface area contributed by atoms with Gasteiger partial charge in [0.2, 0.25) is 0 Å². The minimum atomic E-state index is -0.0291. The Morgan fingerprint density at radius 3 is 3.00 bits per heavy atom. The van der Waals surface area contributed by atoms with E-state index in [2.05, 4.69) is 13.8 Å². The fourth-order valence-electron chi connectivity index (χ4n) is 2.06. The fourth-order valence-corrected chi connectivity index (χ4v) is 2.06. The van der Waals surface area contributed by atoms with Gasteiger partial charge in [-0.05, 0) is 38.8 Å². The summed E-state index contributed by atoms with van der Waals surface area (Å²) in [5, 5.41) is 0. The average molecular weight is 234 g/mol. The smallest absolute Gasteiger partial charge is 0.150 e. The Bertz CT molecular complexity index is 398. The first-order valence-corrected chi connectivity index (χ1v) is 5.95. The normalized spacial score (nSPS) is 22.4. The summed E-state index contributed by atoms with van der Waals surface area (Å²) in [6, 6.07) is 7.17. The second-order valence-electron chi connectivity index (χ2n) is 5.04. The number of hydrogen-bond donors (Lipinski definition) is 0. The summed E-state index contributed by atoms with van der Waals surface area (Å²) in [7, 11) is 0. The van der Waals surface area contributed by atoms with E-state index in [1.54, 1.807) is 12.1 Å². The minimum Gasteiger partial charge on any atom is -0.491 e. The number of carbonyl (C=O) groups excluding carboxylic acids is 1. The molecule has 0 N–H and O–H groups in total. The second kappa shape index (κ2) is 4.88. The Kier molecular flexibility index (Phi) is 3.48. The zero-order chi connectivity index (χ0) is 12.3. The van der Waals surface area contributed by atoms with Crippen LogP contribution in [0.4, 0.5) is 0 Å². The Labute approximate surface area is 102 Å². The van der Waals surface area contributed by atoms with E-state index >= 15 is 0 Å². The molecule has 0 aromatic heterocycles. The highest BCUT2D eigenvalue weighted by Gasteiger charge is 2.31. The number of aldehydes is 1. The molecule has 1 aliphatic rings. The van der Waals surface area contributed by atoms with Crippen molar-refractivity contribution in [3.63, 3.8) is 0 Å². The highest BCUT2D eigenvalue weighted by molar-refractivity contribution is 5.75. The topological polar surface area (TPSA) is 35.5 Å². The van der Waals surface area contributed by atoms with Crippen LogP contribution in [0.15, 0.2) is 24.3 Å². The van der Waals surface area contributed by atoms with Gasteiger partial charge in [0.05, 0.1) is 11.7 Å². The number of rotatable bonds is 4. The lowest BCUT2D eigenvalue weighted by molar-refractivity contribution is -0.0326. The summed E-state index contributed by atoms with van der Waals surface area (Å²) < 4.78 is 11.5. The molecular formula is C14H18O3. The molecule has 2 rings (SSSR count). The van der Waals surface area contributed by atoms with E-state index in [4.69, 9.17) is 9.47 Å². The van der Waals surface area contributed by atoms with Gasteiger partial charge in [-0.1, -0.05) is 12.1 Å². The lowest BCUT2D eigenvalue weighted by atomic mass is 10.1. The maximum absolute atomic E-state index is 10.6. The van der Waals surface area contributed by atoms with E-state index in [1.165, 1.54) is 0 Å². The summed E-state index contributed by atoms with van der Waals surface area (Å²) in [4.78, 5) is 10.6. The summed E-state index contributed by atoms with van der Waals surface area (Å²) >= 11 is 0. The second-order valence-corrected chi connectivity index (χ2v) is 5.04. The SMILES string of the molecule is CC1(C)CCC(COc2cccc(C=O)c2)O1. The van der Waals surface area contributed by atoms with Crippen molar-refractivity contribution in [3.8, 4) is 5.75 Å². The molecule has 1 aromatic carbocycles. The molecular weight excluding hydrogens is 216 g/mol. The van der Waals surface area contributed by atoms with Crippen molar-refractivity contribution in [1.82, 2.24) is 0 Å². The van der Waals surface area contributed by atoms with Gasteiger partial charge in [-0.15, -0.1) is 0 Å². The highest BCUT2D eigenvalue weighted by atomic mass is 16.6. The van der Waals surface area contributed by atoms with Crippen LogP contribution in [0, 0.1) is 0 Å². The largest absolute Gasteiger partial charge is 0.491 e. The lowest BCUT2D eigenvalue weighted by Gasteiger charge is -2.19. The molecule has 1 saturated heterocycles. The summed E-state index contributed by atoms with van der Waals surface area (Å²) in [5.74, 6) is 0.725. The molecule has 0 spiro atoms. The zero-order valence-electron chi connectivity index (χ0n) is 10.3. The lowest BCUT2D eigenvalue weighted by Crippen LogP contribution is -2.23. The fraction of sp³-hybridized carbons (Fsp3) is 0.500. The van der Waals surface area contributed by atoms with Gasteiger partial charge in [-0.2, -0.15) is 0 Å². The summed E-state index contributed by atoms with van der Waals surface area (Å²) in [5.41, 5.74) is 0.605. The molecule has 0 aliphatic carbocycles. The first kappa shape index (κ1) is 12.1. The molecule has 1 atom stereocenters. The van der Waals surface area contributed by atoms with Gasteiger partial charge in [-0.3, -0.25) is 4.79 Å². The Morgan fingerprint density at radius 1 is 1.53 bits per heavy atom. The van der Waals surface area contributed by atoms with Crippen molar-refractivity contribution < 1.29 is 14.3 Å². The predicted molar refractivity (Wildman–Crippen MR) is 65.5 cm³/mol. The van der Waals surface area contributed by atoms with Crippen molar-refractivity contribution in [1.29, 1.82) is 0 Å². The van der Waals surface area contributed by atoms with Crippen molar-refractivity contribution in [2.75, 3.05) is 6.61 Å². The molecule has 1 unspecified atom stereocenters. The molecule has 17 heavy (non-hydrogen) atoms. The third-order valence-corrected chi connectivity index (χ3v) is 2.98. The highest BCUT2D eigenvalue weighted by Crippen LogP contribution is 2.29. The van der Waals surface area contributed by atoms with E-state index in [-0.39, 0.29) is 11.7 Å². The van der Waals surface area contributed by atoms with Gasteiger partial charge >= 0.3 is 0 Å². The number of carbonyl (C=O) groups is 1. The van der Waals surface area contributed by atoms with Gasteiger partial charge in [-0.25, -0.2) is 0 Å². The molecule has 0 bridgehead atoms. The number of benzene rings is 1. The summed E-state index contributed by atoms with van der Waals surface area (Å²) in [6.45, 7) is 4.74. The van der Waals surface area contributed by atoms with Crippen molar-refractivity contribution in [2.24, 2.45) is 0 Å². The molecule has 3 heteroatoms. The average Bonchev–Trinajstić information content (AvgIpc) is 2.67.